The van der Waals surface area contributed by atoms with Crippen molar-refractivity contribution in [1.29, 1.82) is 0 Å². The van der Waals surface area contributed by atoms with Gasteiger partial charge in [-0.2, -0.15) is 0 Å². The number of piperidine rings is 1. The first kappa shape index (κ1) is 37.2. The summed E-state index contributed by atoms with van der Waals surface area (Å²) in [6.07, 6.45) is 3.99. The lowest BCUT2D eigenvalue weighted by Crippen LogP contribution is -2.58. The Morgan fingerprint density at radius 2 is 1.55 bits per heavy atom. The second kappa shape index (κ2) is 18.3. The Balaban J connectivity index is 1.08. The molecule has 268 valence electrons. The summed E-state index contributed by atoms with van der Waals surface area (Å²) >= 11 is 14.7. The highest BCUT2D eigenvalue weighted by Gasteiger charge is 2.36. The van der Waals surface area contributed by atoms with E-state index in [4.69, 9.17) is 27.9 Å². The Labute approximate surface area is 316 Å². The van der Waals surface area contributed by atoms with Crippen molar-refractivity contribution in [2.75, 3.05) is 52.1 Å². The molecule has 10 heteroatoms. The number of carbonyl (C=O) groups is 2. The molecule has 4 aromatic carbocycles. The molecule has 2 aliphatic rings. The van der Waals surface area contributed by atoms with Gasteiger partial charge in [-0.1, -0.05) is 96.0 Å². The summed E-state index contributed by atoms with van der Waals surface area (Å²) < 4.78 is 5.60. The van der Waals surface area contributed by atoms with Crippen molar-refractivity contribution in [1.82, 2.24) is 20.0 Å². The van der Waals surface area contributed by atoms with Crippen LogP contribution in [0.4, 0.5) is 4.79 Å². The SMILES string of the molecule is CSc1cccc(Cl)c1CN1CCN(C(=O)[C@H](NC(=O)OCc2ccccc2)C2CCN(CCc3cc(Cl)ccc3-c3ccccc3)CC2)CC1. The van der Waals surface area contributed by atoms with E-state index in [9.17, 15) is 9.59 Å². The zero-order valence-electron chi connectivity index (χ0n) is 29.1. The molecule has 7 nitrogen and oxygen atoms in total. The molecule has 2 saturated heterocycles. The first-order valence-electron chi connectivity index (χ1n) is 17.7. The van der Waals surface area contributed by atoms with Crippen molar-refractivity contribution in [3.05, 3.63) is 124 Å². The van der Waals surface area contributed by atoms with E-state index in [1.165, 1.54) is 21.6 Å². The summed E-state index contributed by atoms with van der Waals surface area (Å²) in [5.41, 5.74) is 5.65. The number of hydrogen-bond donors (Lipinski definition) is 1. The maximum atomic E-state index is 14.2. The number of nitrogens with one attached hydrogen (secondary N) is 1. The van der Waals surface area contributed by atoms with Crippen molar-refractivity contribution in [2.24, 2.45) is 5.92 Å². The number of piperazine rings is 1. The molecule has 2 heterocycles. The average Bonchev–Trinajstić information content (AvgIpc) is 3.17. The summed E-state index contributed by atoms with van der Waals surface area (Å²) in [4.78, 5) is 35.3. The van der Waals surface area contributed by atoms with Crippen LogP contribution in [-0.4, -0.2) is 84.8 Å². The topological polar surface area (TPSA) is 65.1 Å². The molecule has 2 fully saturated rings. The lowest BCUT2D eigenvalue weighted by molar-refractivity contribution is -0.137. The third-order valence-corrected chi connectivity index (χ3v) is 11.5. The van der Waals surface area contributed by atoms with Gasteiger partial charge in [0.05, 0.1) is 0 Å². The fraction of sp³-hybridized carbons (Fsp3) is 0.366. The lowest BCUT2D eigenvalue weighted by atomic mass is 9.88. The molecule has 0 unspecified atom stereocenters. The molecule has 0 spiro atoms. The van der Waals surface area contributed by atoms with Gasteiger partial charge in [0.1, 0.15) is 12.6 Å². The molecule has 4 aromatic rings. The number of benzene rings is 4. The van der Waals surface area contributed by atoms with E-state index in [1.54, 1.807) is 11.8 Å². The molecular formula is C41H46Cl2N4O3S. The zero-order chi connectivity index (χ0) is 35.6. The molecule has 0 saturated carbocycles. The first-order valence-corrected chi connectivity index (χ1v) is 19.7. The summed E-state index contributed by atoms with van der Waals surface area (Å²) in [6, 6.07) is 31.5. The Kier molecular flexibility index (Phi) is 13.4. The minimum atomic E-state index is -0.647. The number of ether oxygens (including phenoxy) is 1. The maximum absolute atomic E-state index is 14.2. The fourth-order valence-corrected chi connectivity index (χ4v) is 8.28. The number of thioether (sulfide) groups is 1. The molecule has 2 amide bonds. The minimum Gasteiger partial charge on any atom is -0.445 e. The predicted molar refractivity (Wildman–Crippen MR) is 208 cm³/mol. The number of rotatable bonds is 12. The van der Waals surface area contributed by atoms with Gasteiger partial charge in [-0.3, -0.25) is 9.69 Å². The molecule has 0 aliphatic carbocycles. The number of halogens is 2. The van der Waals surface area contributed by atoms with Gasteiger partial charge in [0.2, 0.25) is 5.91 Å². The quantitative estimate of drug-likeness (QED) is 0.147. The van der Waals surface area contributed by atoms with Crippen molar-refractivity contribution in [2.45, 2.75) is 43.4 Å². The van der Waals surface area contributed by atoms with Crippen LogP contribution >= 0.6 is 35.0 Å². The van der Waals surface area contributed by atoms with Gasteiger partial charge in [0, 0.05) is 54.2 Å². The smallest absolute Gasteiger partial charge is 0.408 e. The van der Waals surface area contributed by atoms with Gasteiger partial charge >= 0.3 is 6.09 Å². The third-order valence-electron chi connectivity index (χ3n) is 10.1. The number of hydrogen-bond acceptors (Lipinski definition) is 6. The Bertz CT molecular complexity index is 1750. The van der Waals surface area contributed by atoms with Crippen LogP contribution in [0.25, 0.3) is 11.1 Å². The number of likely N-dealkylation sites (tertiary alicyclic amines) is 1. The van der Waals surface area contributed by atoms with Crippen LogP contribution in [0.15, 0.2) is 102 Å². The first-order chi connectivity index (χ1) is 24.9. The third kappa shape index (κ3) is 10.1. The monoisotopic (exact) mass is 744 g/mol. The van der Waals surface area contributed by atoms with Gasteiger partial charge in [-0.05, 0) is 96.6 Å². The molecule has 1 N–H and O–H groups in total. The van der Waals surface area contributed by atoms with E-state index in [1.807, 2.05) is 59.5 Å². The Hall–Kier alpha value is -3.53. The summed E-state index contributed by atoms with van der Waals surface area (Å²) in [5, 5.41) is 4.53. The Morgan fingerprint density at radius 3 is 2.25 bits per heavy atom. The molecular weight excluding hydrogens is 699 g/mol. The molecule has 0 bridgehead atoms. The van der Waals surface area contributed by atoms with Crippen LogP contribution in [0.1, 0.15) is 29.5 Å². The predicted octanol–water partition coefficient (Wildman–Crippen LogP) is 8.28. The van der Waals surface area contributed by atoms with E-state index in [-0.39, 0.29) is 18.4 Å². The van der Waals surface area contributed by atoms with E-state index in [0.29, 0.717) is 13.1 Å². The van der Waals surface area contributed by atoms with Crippen molar-refractivity contribution in [3.63, 3.8) is 0 Å². The van der Waals surface area contributed by atoms with Gasteiger partial charge in [0.25, 0.3) is 0 Å². The van der Waals surface area contributed by atoms with E-state index >= 15 is 0 Å². The molecule has 1 atom stereocenters. The summed E-state index contributed by atoms with van der Waals surface area (Å²) in [7, 11) is 0. The Morgan fingerprint density at radius 1 is 0.843 bits per heavy atom. The van der Waals surface area contributed by atoms with E-state index in [0.717, 1.165) is 79.7 Å². The van der Waals surface area contributed by atoms with Crippen LogP contribution in [-0.2, 0) is 29.1 Å². The largest absolute Gasteiger partial charge is 0.445 e. The van der Waals surface area contributed by atoms with Crippen molar-refractivity contribution < 1.29 is 14.3 Å². The average molecular weight is 746 g/mol. The van der Waals surface area contributed by atoms with Gasteiger partial charge < -0.3 is 19.9 Å². The van der Waals surface area contributed by atoms with Gasteiger partial charge in [-0.15, -0.1) is 11.8 Å². The lowest BCUT2D eigenvalue weighted by Gasteiger charge is -2.40. The number of amides is 2. The number of alkyl carbamates (subject to hydrolysis) is 1. The van der Waals surface area contributed by atoms with Crippen LogP contribution in [0.5, 0.6) is 0 Å². The standard InChI is InChI=1S/C41H46Cl2N4O3S/c1-51-38-14-8-13-37(43)36(38)28-46-23-25-47(26-24-46)40(48)39(44-41(49)50-29-30-9-4-2-5-10-30)32-17-20-45(21-18-32)22-19-33-27-34(42)15-16-35(33)31-11-6-3-7-12-31/h2-16,27,32,39H,17-26,28-29H2,1H3,(H,44,49)/t39-/m1/s1. The highest BCUT2D eigenvalue weighted by molar-refractivity contribution is 7.98. The maximum Gasteiger partial charge on any atom is 0.408 e. The highest BCUT2D eigenvalue weighted by atomic mass is 35.5. The second-order valence-electron chi connectivity index (χ2n) is 13.3. The number of carbonyl (C=O) groups excluding carboxylic acids is 2. The summed E-state index contributed by atoms with van der Waals surface area (Å²) in [5.74, 6) is -0.0203. The van der Waals surface area contributed by atoms with Crippen molar-refractivity contribution in [3.8, 4) is 11.1 Å². The van der Waals surface area contributed by atoms with Crippen LogP contribution in [0, 0.1) is 5.92 Å². The number of nitrogens with zero attached hydrogens (tertiary/aromatic N) is 3. The van der Waals surface area contributed by atoms with Gasteiger partial charge in [-0.25, -0.2) is 4.79 Å². The van der Waals surface area contributed by atoms with E-state index < -0.39 is 12.1 Å². The summed E-state index contributed by atoms with van der Waals surface area (Å²) in [6.45, 7) is 6.15. The normalized spacial score (nSPS) is 16.5. The van der Waals surface area contributed by atoms with Crippen LogP contribution in [0.2, 0.25) is 10.0 Å². The molecule has 6 rings (SSSR count). The highest BCUT2D eigenvalue weighted by Crippen LogP contribution is 2.30. The molecule has 51 heavy (non-hydrogen) atoms. The second-order valence-corrected chi connectivity index (χ2v) is 15.0. The van der Waals surface area contributed by atoms with Crippen molar-refractivity contribution >= 4 is 47.0 Å². The van der Waals surface area contributed by atoms with Gasteiger partial charge in [0.15, 0.2) is 0 Å². The molecule has 2 aliphatic heterocycles. The minimum absolute atomic E-state index is 0.00867. The zero-order valence-corrected chi connectivity index (χ0v) is 31.4. The van der Waals surface area contributed by atoms with E-state index in [2.05, 4.69) is 63.8 Å². The fourth-order valence-electron chi connectivity index (χ4n) is 7.16. The van der Waals surface area contributed by atoms with Crippen LogP contribution in [0.3, 0.4) is 0 Å². The van der Waals surface area contributed by atoms with Crippen LogP contribution < -0.4 is 5.32 Å². The molecule has 0 radical (unpaired) electrons. The molecule has 0 aromatic heterocycles.